The molecule has 2 aromatic rings. The molecule has 0 aliphatic heterocycles. The molecule has 2 rings (SSSR count). The number of halogens is 2. The zero-order chi connectivity index (χ0) is 13.7. The maximum absolute atomic E-state index is 13.2. The van der Waals surface area contributed by atoms with Crippen LogP contribution in [0.15, 0.2) is 52.1 Å². The van der Waals surface area contributed by atoms with Gasteiger partial charge in [-0.05, 0) is 42.9 Å². The highest BCUT2D eigenvalue weighted by Crippen LogP contribution is 2.25. The van der Waals surface area contributed by atoms with Crippen LogP contribution in [0.3, 0.4) is 0 Å². The Hall–Kier alpha value is -0.910. The highest BCUT2D eigenvalue weighted by Gasteiger charge is 2.11. The summed E-state index contributed by atoms with van der Waals surface area (Å²) in [5, 5.41) is 3.19. The van der Waals surface area contributed by atoms with E-state index in [-0.39, 0.29) is 11.9 Å². The van der Waals surface area contributed by atoms with E-state index in [1.54, 1.807) is 18.0 Å². The summed E-state index contributed by atoms with van der Waals surface area (Å²) in [6.07, 6.45) is 2.92. The van der Waals surface area contributed by atoms with E-state index in [2.05, 4.69) is 38.4 Å². The van der Waals surface area contributed by atoms with E-state index >= 15 is 0 Å². The lowest BCUT2D eigenvalue weighted by molar-refractivity contribution is 0.603. The molecule has 1 aromatic carbocycles. The molecule has 1 aromatic heterocycles. The van der Waals surface area contributed by atoms with Gasteiger partial charge in [0.05, 0.1) is 6.20 Å². The monoisotopic (exact) mass is 340 g/mol. The second-order valence-corrected chi connectivity index (χ2v) is 6.05. The lowest BCUT2D eigenvalue weighted by Crippen LogP contribution is -2.19. The van der Waals surface area contributed by atoms with E-state index in [0.717, 1.165) is 15.8 Å². The van der Waals surface area contributed by atoms with Crippen molar-refractivity contribution >= 4 is 27.7 Å². The molecule has 2 nitrogen and oxygen atoms in total. The number of nitrogens with zero attached hydrogens (tertiary/aromatic N) is 1. The molecule has 0 aliphatic carbocycles. The van der Waals surface area contributed by atoms with Crippen molar-refractivity contribution in [3.63, 3.8) is 0 Å². The predicted molar refractivity (Wildman–Crippen MR) is 80.9 cm³/mol. The van der Waals surface area contributed by atoms with Crippen LogP contribution in [0.1, 0.15) is 11.6 Å². The zero-order valence-corrected chi connectivity index (χ0v) is 12.8. The molecule has 0 bridgehead atoms. The maximum Gasteiger partial charge on any atom is 0.141 e. The summed E-state index contributed by atoms with van der Waals surface area (Å²) in [6, 6.07) is 9.75. The van der Waals surface area contributed by atoms with Gasteiger partial charge >= 0.3 is 0 Å². The summed E-state index contributed by atoms with van der Waals surface area (Å²) in [4.78, 5) is 5.08. The number of pyridine rings is 1. The minimum atomic E-state index is -0.300. The lowest BCUT2D eigenvalue weighted by Gasteiger charge is -2.15. The first kappa shape index (κ1) is 14.5. The van der Waals surface area contributed by atoms with Crippen molar-refractivity contribution in [3.05, 3.63) is 58.6 Å². The molecule has 0 aliphatic rings. The van der Waals surface area contributed by atoms with Crippen molar-refractivity contribution in [2.24, 2.45) is 0 Å². The molecular formula is C14H14BrFN2S. The molecule has 5 heteroatoms. The quantitative estimate of drug-likeness (QED) is 0.831. The van der Waals surface area contributed by atoms with Crippen molar-refractivity contribution in [3.8, 4) is 0 Å². The summed E-state index contributed by atoms with van der Waals surface area (Å²) in [7, 11) is 1.87. The van der Waals surface area contributed by atoms with Crippen LogP contribution >= 0.6 is 27.7 Å². The Bertz CT molecular complexity index is 533. The average molecular weight is 341 g/mol. The van der Waals surface area contributed by atoms with E-state index in [4.69, 9.17) is 0 Å². The molecule has 1 heterocycles. The standard InChI is InChI=1S/C14H14BrFN2S/c1-17-14(10-6-12(16)8-18-7-10)9-19-13-4-2-11(15)3-5-13/h2-8,14,17H,9H2,1H3. The Morgan fingerprint density at radius 2 is 2.05 bits per heavy atom. The van der Waals surface area contributed by atoms with Crippen molar-refractivity contribution in [2.75, 3.05) is 12.8 Å². The second kappa shape index (κ2) is 7.03. The highest BCUT2D eigenvalue weighted by atomic mass is 79.9. The Morgan fingerprint density at radius 1 is 1.32 bits per heavy atom. The van der Waals surface area contributed by atoms with Crippen LogP contribution in [-0.4, -0.2) is 17.8 Å². The number of thioether (sulfide) groups is 1. The van der Waals surface area contributed by atoms with Gasteiger partial charge in [0, 0.05) is 27.4 Å². The average Bonchev–Trinajstić information content (AvgIpc) is 2.42. The summed E-state index contributed by atoms with van der Waals surface area (Å²) in [6.45, 7) is 0. The number of benzene rings is 1. The van der Waals surface area contributed by atoms with Crippen molar-refractivity contribution in [1.82, 2.24) is 10.3 Å². The molecule has 100 valence electrons. The van der Waals surface area contributed by atoms with E-state index in [0.29, 0.717) is 0 Å². The van der Waals surface area contributed by atoms with Crippen molar-refractivity contribution in [1.29, 1.82) is 0 Å². The molecular weight excluding hydrogens is 327 g/mol. The zero-order valence-electron chi connectivity index (χ0n) is 10.4. The van der Waals surface area contributed by atoms with Crippen molar-refractivity contribution < 1.29 is 4.39 Å². The third-order valence-corrected chi connectivity index (χ3v) is 4.34. The number of hydrogen-bond donors (Lipinski definition) is 1. The number of aromatic nitrogens is 1. The first-order chi connectivity index (χ1) is 9.19. The molecule has 0 saturated carbocycles. The first-order valence-corrected chi connectivity index (χ1v) is 7.63. The Balaban J connectivity index is 2.01. The maximum atomic E-state index is 13.2. The van der Waals surface area contributed by atoms with Gasteiger partial charge in [0.1, 0.15) is 5.82 Å². The topological polar surface area (TPSA) is 24.9 Å². The lowest BCUT2D eigenvalue weighted by atomic mass is 10.1. The fourth-order valence-electron chi connectivity index (χ4n) is 1.68. The fourth-order valence-corrected chi connectivity index (χ4v) is 2.99. The van der Waals surface area contributed by atoms with Gasteiger partial charge in [-0.1, -0.05) is 15.9 Å². The first-order valence-electron chi connectivity index (χ1n) is 5.85. The van der Waals surface area contributed by atoms with Gasteiger partial charge in [0.2, 0.25) is 0 Å². The van der Waals surface area contributed by atoms with Crippen molar-refractivity contribution in [2.45, 2.75) is 10.9 Å². The van der Waals surface area contributed by atoms with E-state index in [1.165, 1.54) is 17.2 Å². The molecule has 0 saturated heterocycles. The molecule has 1 unspecified atom stereocenters. The van der Waals surface area contributed by atoms with E-state index < -0.39 is 0 Å². The summed E-state index contributed by atoms with van der Waals surface area (Å²) >= 11 is 5.14. The Kier molecular flexibility index (Phi) is 5.36. The summed E-state index contributed by atoms with van der Waals surface area (Å²) < 4.78 is 14.2. The van der Waals surface area contributed by atoms with Gasteiger partial charge in [-0.25, -0.2) is 4.39 Å². The summed E-state index contributed by atoms with van der Waals surface area (Å²) in [5.41, 5.74) is 0.868. The van der Waals surface area contributed by atoms with Crippen LogP contribution in [0.25, 0.3) is 0 Å². The number of hydrogen-bond acceptors (Lipinski definition) is 3. The molecule has 1 N–H and O–H groups in total. The normalized spacial score (nSPS) is 12.4. The minimum absolute atomic E-state index is 0.0804. The number of rotatable bonds is 5. The summed E-state index contributed by atoms with van der Waals surface area (Å²) in [5.74, 6) is 0.523. The van der Waals surface area contributed by atoms with Gasteiger partial charge in [0.25, 0.3) is 0 Å². The Labute approximate surface area is 125 Å². The minimum Gasteiger partial charge on any atom is -0.312 e. The second-order valence-electron chi connectivity index (χ2n) is 4.04. The van der Waals surface area contributed by atoms with Gasteiger partial charge in [-0.3, -0.25) is 4.98 Å². The van der Waals surface area contributed by atoms with Gasteiger partial charge in [-0.2, -0.15) is 0 Å². The Morgan fingerprint density at radius 3 is 2.68 bits per heavy atom. The molecule has 0 spiro atoms. The van der Waals surface area contributed by atoms with E-state index in [1.807, 2.05) is 19.2 Å². The third kappa shape index (κ3) is 4.30. The molecule has 0 radical (unpaired) electrons. The molecule has 0 fully saturated rings. The predicted octanol–water partition coefficient (Wildman–Crippen LogP) is 4.04. The molecule has 1 atom stereocenters. The highest BCUT2D eigenvalue weighted by molar-refractivity contribution is 9.10. The fraction of sp³-hybridized carbons (Fsp3) is 0.214. The van der Waals surface area contributed by atoms with Gasteiger partial charge in [0.15, 0.2) is 0 Å². The van der Waals surface area contributed by atoms with Crippen LogP contribution in [0.4, 0.5) is 4.39 Å². The van der Waals surface area contributed by atoms with Gasteiger partial charge in [-0.15, -0.1) is 11.8 Å². The van der Waals surface area contributed by atoms with Crippen LogP contribution in [0.5, 0.6) is 0 Å². The van der Waals surface area contributed by atoms with E-state index in [9.17, 15) is 4.39 Å². The number of nitrogens with one attached hydrogen (secondary N) is 1. The molecule has 0 amide bonds. The van der Waals surface area contributed by atoms with Crippen LogP contribution in [0.2, 0.25) is 0 Å². The largest absolute Gasteiger partial charge is 0.312 e. The molecule has 19 heavy (non-hydrogen) atoms. The van der Waals surface area contributed by atoms with Crippen LogP contribution in [0, 0.1) is 5.82 Å². The van der Waals surface area contributed by atoms with Crippen LogP contribution in [-0.2, 0) is 0 Å². The third-order valence-electron chi connectivity index (χ3n) is 2.71. The van der Waals surface area contributed by atoms with Crippen LogP contribution < -0.4 is 5.32 Å². The van der Waals surface area contributed by atoms with Gasteiger partial charge < -0.3 is 5.32 Å². The smallest absolute Gasteiger partial charge is 0.141 e. The SMILES string of the molecule is CNC(CSc1ccc(Br)cc1)c1cncc(F)c1.